The zero-order valence-electron chi connectivity index (χ0n) is 20.9. The van der Waals surface area contributed by atoms with Crippen molar-refractivity contribution in [2.24, 2.45) is 5.92 Å². The van der Waals surface area contributed by atoms with Crippen LogP contribution in [-0.4, -0.2) is 35.0 Å². The van der Waals surface area contributed by atoms with E-state index in [0.717, 1.165) is 12.1 Å². The third-order valence-corrected chi connectivity index (χ3v) is 6.54. The van der Waals surface area contributed by atoms with E-state index in [1.807, 2.05) is 0 Å². The summed E-state index contributed by atoms with van der Waals surface area (Å²) in [4.78, 5) is 45.1. The second kappa shape index (κ2) is 11.2. The molecule has 4 rings (SSSR count). The monoisotopic (exact) mass is 545 g/mol. The van der Waals surface area contributed by atoms with Crippen molar-refractivity contribution < 1.29 is 27.9 Å². The zero-order valence-corrected chi connectivity index (χ0v) is 21.6. The van der Waals surface area contributed by atoms with Crippen LogP contribution in [0.2, 0.25) is 5.15 Å². The van der Waals surface area contributed by atoms with Crippen molar-refractivity contribution in [2.45, 2.75) is 39.2 Å². The summed E-state index contributed by atoms with van der Waals surface area (Å²) in [7, 11) is 1.23. The van der Waals surface area contributed by atoms with E-state index in [2.05, 4.69) is 30.7 Å². The first-order valence-electron chi connectivity index (χ1n) is 11.9. The molecule has 0 unspecified atom stereocenters. The number of amides is 3. The third-order valence-electron chi connectivity index (χ3n) is 6.27. The molecule has 4 N–H and O–H groups in total. The van der Waals surface area contributed by atoms with Crippen LogP contribution < -0.4 is 16.0 Å². The van der Waals surface area contributed by atoms with Crippen molar-refractivity contribution in [3.05, 3.63) is 64.1 Å². The highest BCUT2D eigenvalue weighted by Crippen LogP contribution is 2.36. The lowest BCUT2D eigenvalue weighted by molar-refractivity contribution is -0.119. The summed E-state index contributed by atoms with van der Waals surface area (Å²) in [6, 6.07) is 6.16. The minimum Gasteiger partial charge on any atom is -0.453 e. The molecule has 2 aromatic carbocycles. The number of H-pyrrole nitrogens is 1. The Balaban J connectivity index is 1.74. The second-order valence-electron chi connectivity index (χ2n) is 9.11. The lowest BCUT2D eigenvalue weighted by Gasteiger charge is -2.20. The van der Waals surface area contributed by atoms with Crippen molar-refractivity contribution in [3.63, 3.8) is 0 Å². The average molecular weight is 546 g/mol. The molecule has 0 radical (unpaired) electrons. The number of carbonyl (C=O) groups excluding carboxylic acids is 3. The number of imidazole rings is 1. The van der Waals surface area contributed by atoms with Crippen molar-refractivity contribution >= 4 is 40.9 Å². The molecule has 3 amide bonds. The Kier molecular flexibility index (Phi) is 7.96. The first-order valence-corrected chi connectivity index (χ1v) is 12.3. The minimum absolute atomic E-state index is 0.128. The molecule has 0 saturated carbocycles. The fourth-order valence-corrected chi connectivity index (χ4v) is 4.49. The van der Waals surface area contributed by atoms with E-state index < -0.39 is 41.2 Å². The maximum Gasteiger partial charge on any atom is 0.411 e. The Bertz CT molecular complexity index is 1390. The van der Waals surface area contributed by atoms with Crippen LogP contribution >= 0.6 is 11.6 Å². The van der Waals surface area contributed by atoms with Crippen LogP contribution in [0.4, 0.5) is 25.0 Å². The number of nitrogens with one attached hydrogen (secondary N) is 4. The summed E-state index contributed by atoms with van der Waals surface area (Å²) in [5, 5.41) is 8.21. The van der Waals surface area contributed by atoms with Crippen LogP contribution in [-0.2, 0) is 9.53 Å². The number of hydrogen-bond acceptors (Lipinski definition) is 5. The van der Waals surface area contributed by atoms with Gasteiger partial charge < -0.3 is 20.4 Å². The summed E-state index contributed by atoms with van der Waals surface area (Å²) < 4.78 is 33.6. The van der Waals surface area contributed by atoms with Crippen LogP contribution in [0.3, 0.4) is 0 Å². The Morgan fingerprint density at radius 1 is 1.16 bits per heavy atom. The fraction of sp³-hybridized carbons (Fsp3) is 0.308. The number of benzene rings is 2. The van der Waals surface area contributed by atoms with Crippen LogP contribution in [0.1, 0.15) is 54.0 Å². The quantitative estimate of drug-likeness (QED) is 0.335. The van der Waals surface area contributed by atoms with E-state index in [1.54, 1.807) is 25.1 Å². The minimum atomic E-state index is -0.970. The lowest BCUT2D eigenvalue weighted by atomic mass is 9.99. The number of ether oxygens (including phenoxy) is 1. The highest BCUT2D eigenvalue weighted by molar-refractivity contribution is 6.32. The molecule has 1 aromatic heterocycles. The molecule has 0 spiro atoms. The van der Waals surface area contributed by atoms with Crippen molar-refractivity contribution in [2.75, 3.05) is 17.7 Å². The Morgan fingerprint density at radius 2 is 1.87 bits per heavy atom. The molecule has 1 aliphatic rings. The molecule has 2 heterocycles. The summed E-state index contributed by atoms with van der Waals surface area (Å²) in [5.74, 6) is -3.26. The second-order valence-corrected chi connectivity index (χ2v) is 9.49. The molecule has 0 aliphatic carbocycles. The lowest BCUT2D eigenvalue weighted by Crippen LogP contribution is -2.31. The molecule has 0 fully saturated rings. The first-order chi connectivity index (χ1) is 18.1. The van der Waals surface area contributed by atoms with Crippen LogP contribution in [0.25, 0.3) is 11.3 Å². The van der Waals surface area contributed by atoms with E-state index in [0.29, 0.717) is 41.8 Å². The van der Waals surface area contributed by atoms with Crippen LogP contribution in [0, 0.1) is 24.5 Å². The maximum absolute atomic E-state index is 14.5. The van der Waals surface area contributed by atoms with Gasteiger partial charge in [-0.1, -0.05) is 24.9 Å². The molecule has 2 atom stereocenters. The van der Waals surface area contributed by atoms with Gasteiger partial charge in [-0.05, 0) is 55.7 Å². The van der Waals surface area contributed by atoms with Crippen molar-refractivity contribution in [1.82, 2.24) is 15.3 Å². The summed E-state index contributed by atoms with van der Waals surface area (Å²) in [5.41, 5.74) is 1.11. The van der Waals surface area contributed by atoms with Crippen LogP contribution in [0.5, 0.6) is 0 Å². The topological polar surface area (TPSA) is 125 Å². The van der Waals surface area contributed by atoms with E-state index in [4.69, 9.17) is 11.6 Å². The van der Waals surface area contributed by atoms with E-state index in [-0.39, 0.29) is 22.6 Å². The number of aryl methyl sites for hydroxylation is 1. The van der Waals surface area contributed by atoms with Gasteiger partial charge in [0, 0.05) is 17.2 Å². The SMILES string of the molecule is COC(=O)Nc1ccc2c(c1)NC(=O)[C@H](C)CCC[C@H](NC(=O)c1c(F)cc(C)cc1F)c1nc-2c(Cl)[nH]1. The normalized spacial score (nSPS) is 17.4. The smallest absolute Gasteiger partial charge is 0.411 e. The van der Waals surface area contributed by atoms with Crippen molar-refractivity contribution in [1.29, 1.82) is 0 Å². The fourth-order valence-electron chi connectivity index (χ4n) is 4.25. The highest BCUT2D eigenvalue weighted by atomic mass is 35.5. The number of aromatic amines is 1. The number of nitrogens with zero attached hydrogens (tertiary/aromatic N) is 1. The molecular formula is C26H26ClF2N5O4. The molecule has 38 heavy (non-hydrogen) atoms. The summed E-state index contributed by atoms with van der Waals surface area (Å²) >= 11 is 6.49. The average Bonchev–Trinajstić information content (AvgIpc) is 3.23. The van der Waals surface area contributed by atoms with Gasteiger partial charge in [0.05, 0.1) is 18.8 Å². The number of methoxy groups -OCH3 is 1. The van der Waals surface area contributed by atoms with Gasteiger partial charge in [0.2, 0.25) is 5.91 Å². The molecule has 12 heteroatoms. The molecular weight excluding hydrogens is 520 g/mol. The maximum atomic E-state index is 14.5. The van der Waals surface area contributed by atoms with Gasteiger partial charge in [-0.25, -0.2) is 18.6 Å². The summed E-state index contributed by atoms with van der Waals surface area (Å²) in [6.45, 7) is 3.29. The van der Waals surface area contributed by atoms with Crippen molar-refractivity contribution in [3.8, 4) is 11.3 Å². The number of carbonyl (C=O) groups is 3. The van der Waals surface area contributed by atoms with E-state index in [1.165, 1.54) is 14.0 Å². The number of aromatic nitrogens is 2. The molecule has 1 aliphatic heterocycles. The predicted octanol–water partition coefficient (Wildman–Crippen LogP) is 5.72. The van der Waals surface area contributed by atoms with Gasteiger partial charge in [-0.2, -0.15) is 0 Å². The zero-order chi connectivity index (χ0) is 27.6. The van der Waals surface area contributed by atoms with Gasteiger partial charge in [0.1, 0.15) is 33.9 Å². The Hall–Kier alpha value is -3.99. The van der Waals surface area contributed by atoms with Crippen LogP contribution in [0.15, 0.2) is 30.3 Å². The number of rotatable bonds is 3. The number of anilines is 2. The van der Waals surface area contributed by atoms with Gasteiger partial charge in [-0.3, -0.25) is 14.9 Å². The Morgan fingerprint density at radius 3 is 2.55 bits per heavy atom. The number of hydrogen-bond donors (Lipinski definition) is 4. The van der Waals surface area contributed by atoms with Gasteiger partial charge in [0.25, 0.3) is 5.91 Å². The molecule has 2 bridgehead atoms. The molecule has 9 nitrogen and oxygen atoms in total. The van der Waals surface area contributed by atoms with E-state index in [9.17, 15) is 23.2 Å². The first kappa shape index (κ1) is 27.1. The predicted molar refractivity (Wildman–Crippen MR) is 138 cm³/mol. The largest absolute Gasteiger partial charge is 0.453 e. The number of halogens is 3. The number of fused-ring (bicyclic) bond motifs is 4. The van der Waals surface area contributed by atoms with Gasteiger partial charge in [0.15, 0.2) is 0 Å². The third kappa shape index (κ3) is 5.77. The van der Waals surface area contributed by atoms with Gasteiger partial charge in [-0.15, -0.1) is 0 Å². The molecule has 3 aromatic rings. The summed E-state index contributed by atoms with van der Waals surface area (Å²) in [6.07, 6.45) is 0.597. The van der Waals surface area contributed by atoms with Gasteiger partial charge >= 0.3 is 6.09 Å². The molecule has 200 valence electrons. The Labute approximate surface area is 222 Å². The molecule has 0 saturated heterocycles. The standard InChI is InChI=1S/C26H26ClF2N5O4/c1-12-9-16(28)20(17(29)10-12)25(36)31-18-6-4-5-13(2)24(35)32-19-11-14(30-26(37)38-3)7-8-15(19)21-22(27)34-23(18)33-21/h7-11,13,18H,4-6H2,1-3H3,(H,30,37)(H,31,36)(H,32,35)(H,33,34)/t13-,18+/m1/s1. The van der Waals surface area contributed by atoms with E-state index >= 15 is 0 Å². The highest BCUT2D eigenvalue weighted by Gasteiger charge is 2.27.